The number of fused-ring (bicyclic) bond motifs is 1. The number of hydrogen-bond acceptors (Lipinski definition) is 3. The monoisotopic (exact) mass is 301 g/mol. The Kier molecular flexibility index (Phi) is 4.16. The van der Waals surface area contributed by atoms with E-state index in [0.29, 0.717) is 24.3 Å². The summed E-state index contributed by atoms with van der Waals surface area (Å²) in [6.07, 6.45) is 3.15. The van der Waals surface area contributed by atoms with E-state index in [9.17, 15) is 9.59 Å². The number of nitrogens with zero attached hydrogens (tertiary/aromatic N) is 1. The number of nitrogens with two attached hydrogens (primary N) is 1. The Morgan fingerprint density at radius 2 is 2.05 bits per heavy atom. The van der Waals surface area contributed by atoms with Gasteiger partial charge in [0.05, 0.1) is 0 Å². The van der Waals surface area contributed by atoms with Crippen LogP contribution >= 0.6 is 0 Å². The molecule has 0 radical (unpaired) electrons. The summed E-state index contributed by atoms with van der Waals surface area (Å²) >= 11 is 0. The molecule has 0 bridgehead atoms. The molecule has 118 valence electrons. The van der Waals surface area contributed by atoms with Gasteiger partial charge in [-0.15, -0.1) is 0 Å². The van der Waals surface area contributed by atoms with E-state index in [1.165, 1.54) is 0 Å². The first-order valence-electron chi connectivity index (χ1n) is 8.02. The van der Waals surface area contributed by atoms with Crippen LogP contribution in [0.25, 0.3) is 0 Å². The summed E-state index contributed by atoms with van der Waals surface area (Å²) in [7, 11) is 0. The van der Waals surface area contributed by atoms with E-state index in [-0.39, 0.29) is 17.9 Å². The zero-order valence-corrected chi connectivity index (χ0v) is 13.0. The number of rotatable bonds is 2. The van der Waals surface area contributed by atoms with Gasteiger partial charge in [-0.25, -0.2) is 0 Å². The van der Waals surface area contributed by atoms with Gasteiger partial charge in [0.15, 0.2) is 0 Å². The van der Waals surface area contributed by atoms with Crippen LogP contribution in [0.3, 0.4) is 0 Å². The first-order chi connectivity index (χ1) is 10.5. The van der Waals surface area contributed by atoms with Crippen molar-refractivity contribution >= 4 is 17.5 Å². The summed E-state index contributed by atoms with van der Waals surface area (Å²) < 4.78 is 0. The van der Waals surface area contributed by atoms with Crippen molar-refractivity contribution in [1.82, 2.24) is 4.90 Å². The average Bonchev–Trinajstić information content (AvgIpc) is 2.53. The number of aryl methyl sites for hydroxylation is 1. The van der Waals surface area contributed by atoms with Gasteiger partial charge < -0.3 is 16.0 Å². The normalized spacial score (nSPS) is 20.3. The zero-order valence-electron chi connectivity index (χ0n) is 13.0. The molecule has 22 heavy (non-hydrogen) atoms. The molecule has 2 heterocycles. The number of likely N-dealkylation sites (tertiary alicyclic amines) is 1. The molecule has 0 spiro atoms. The number of benzene rings is 1. The van der Waals surface area contributed by atoms with Crippen molar-refractivity contribution in [3.63, 3.8) is 0 Å². The maximum absolute atomic E-state index is 12.6. The highest BCUT2D eigenvalue weighted by Gasteiger charge is 2.26. The molecular formula is C17H23N3O2. The molecule has 3 rings (SSSR count). The Morgan fingerprint density at radius 1 is 1.32 bits per heavy atom. The van der Waals surface area contributed by atoms with Crippen LogP contribution in [0.4, 0.5) is 5.69 Å². The van der Waals surface area contributed by atoms with Crippen molar-refractivity contribution in [3.8, 4) is 0 Å². The third kappa shape index (κ3) is 2.99. The molecule has 1 aromatic carbocycles. The minimum Gasteiger partial charge on any atom is -0.339 e. The fourth-order valence-electron chi connectivity index (χ4n) is 3.33. The van der Waals surface area contributed by atoms with Crippen molar-refractivity contribution in [1.29, 1.82) is 0 Å². The number of piperidine rings is 1. The van der Waals surface area contributed by atoms with Crippen LogP contribution in [-0.2, 0) is 11.2 Å². The lowest BCUT2D eigenvalue weighted by Crippen LogP contribution is -2.42. The van der Waals surface area contributed by atoms with Crippen LogP contribution in [0, 0.1) is 5.92 Å². The molecule has 3 N–H and O–H groups in total. The van der Waals surface area contributed by atoms with E-state index in [1.807, 2.05) is 30.0 Å². The van der Waals surface area contributed by atoms with Gasteiger partial charge in [0.25, 0.3) is 5.91 Å². The minimum atomic E-state index is 0.0459. The van der Waals surface area contributed by atoms with Gasteiger partial charge in [-0.3, -0.25) is 9.59 Å². The van der Waals surface area contributed by atoms with E-state index in [0.717, 1.165) is 37.2 Å². The summed E-state index contributed by atoms with van der Waals surface area (Å²) in [5, 5.41) is 2.85. The van der Waals surface area contributed by atoms with Crippen molar-refractivity contribution in [3.05, 3.63) is 29.3 Å². The lowest BCUT2D eigenvalue weighted by Gasteiger charge is -2.34. The Hall–Kier alpha value is -1.88. The number of anilines is 1. The molecular weight excluding hydrogens is 278 g/mol. The fourth-order valence-corrected chi connectivity index (χ4v) is 3.33. The van der Waals surface area contributed by atoms with E-state index < -0.39 is 0 Å². The molecule has 1 atom stereocenters. The standard InChI is InChI=1S/C17H23N3O2/c1-11(18)12-6-8-20(9-7-12)17(22)14-2-4-15-13(10-14)3-5-16(21)19-15/h2,4,10-12H,3,5-9,18H2,1H3,(H,19,21). The predicted molar refractivity (Wildman–Crippen MR) is 85.7 cm³/mol. The number of carbonyl (C=O) groups excluding carboxylic acids is 2. The van der Waals surface area contributed by atoms with Gasteiger partial charge in [-0.05, 0) is 55.9 Å². The van der Waals surface area contributed by atoms with E-state index in [4.69, 9.17) is 5.73 Å². The van der Waals surface area contributed by atoms with Crippen molar-refractivity contribution in [2.75, 3.05) is 18.4 Å². The summed E-state index contributed by atoms with van der Waals surface area (Å²) in [6, 6.07) is 5.78. The molecule has 2 aliphatic rings. The van der Waals surface area contributed by atoms with Gasteiger partial charge in [0.2, 0.25) is 5.91 Å². The average molecular weight is 301 g/mol. The summed E-state index contributed by atoms with van der Waals surface area (Å²) in [5.41, 5.74) is 8.55. The van der Waals surface area contributed by atoms with Gasteiger partial charge in [-0.2, -0.15) is 0 Å². The van der Waals surface area contributed by atoms with Gasteiger partial charge in [0, 0.05) is 36.8 Å². The molecule has 1 unspecified atom stereocenters. The number of nitrogens with one attached hydrogen (secondary N) is 1. The predicted octanol–water partition coefficient (Wildman–Crippen LogP) is 1.77. The highest BCUT2D eigenvalue weighted by Crippen LogP contribution is 2.26. The van der Waals surface area contributed by atoms with Crippen LogP contribution < -0.4 is 11.1 Å². The van der Waals surface area contributed by atoms with Crippen molar-refractivity contribution in [2.45, 2.75) is 38.6 Å². The largest absolute Gasteiger partial charge is 0.339 e. The number of carbonyl (C=O) groups is 2. The first kappa shape index (κ1) is 15.0. The molecule has 1 saturated heterocycles. The molecule has 1 aromatic rings. The zero-order chi connectivity index (χ0) is 15.7. The second-order valence-electron chi connectivity index (χ2n) is 6.41. The lowest BCUT2D eigenvalue weighted by molar-refractivity contribution is -0.116. The molecule has 5 nitrogen and oxygen atoms in total. The minimum absolute atomic E-state index is 0.0459. The van der Waals surface area contributed by atoms with Crippen LogP contribution in [0.15, 0.2) is 18.2 Å². The van der Waals surface area contributed by atoms with Crippen LogP contribution in [-0.4, -0.2) is 35.8 Å². The molecule has 5 heteroatoms. The third-order valence-electron chi connectivity index (χ3n) is 4.82. The molecule has 0 aromatic heterocycles. The highest BCUT2D eigenvalue weighted by atomic mass is 16.2. The Bertz CT molecular complexity index is 590. The number of amides is 2. The van der Waals surface area contributed by atoms with E-state index >= 15 is 0 Å². The second kappa shape index (κ2) is 6.08. The maximum Gasteiger partial charge on any atom is 0.253 e. The Morgan fingerprint density at radius 3 is 2.73 bits per heavy atom. The van der Waals surface area contributed by atoms with Gasteiger partial charge >= 0.3 is 0 Å². The molecule has 2 aliphatic heterocycles. The van der Waals surface area contributed by atoms with E-state index in [1.54, 1.807) is 0 Å². The second-order valence-corrected chi connectivity index (χ2v) is 6.41. The van der Waals surface area contributed by atoms with Gasteiger partial charge in [0.1, 0.15) is 0 Å². The summed E-state index contributed by atoms with van der Waals surface area (Å²) in [4.78, 5) is 25.9. The number of hydrogen-bond donors (Lipinski definition) is 2. The topological polar surface area (TPSA) is 75.4 Å². The smallest absolute Gasteiger partial charge is 0.253 e. The molecule has 1 fully saturated rings. The Balaban J connectivity index is 1.70. The summed E-state index contributed by atoms with van der Waals surface area (Å²) in [5.74, 6) is 0.648. The SMILES string of the molecule is CC(N)C1CCN(C(=O)c2ccc3c(c2)CCC(=O)N3)CC1. The lowest BCUT2D eigenvalue weighted by atomic mass is 9.90. The molecule has 2 amide bonds. The maximum atomic E-state index is 12.6. The Labute approximate surface area is 130 Å². The van der Waals surface area contributed by atoms with Crippen LogP contribution in [0.2, 0.25) is 0 Å². The fraction of sp³-hybridized carbons (Fsp3) is 0.529. The first-order valence-corrected chi connectivity index (χ1v) is 8.02. The van der Waals surface area contributed by atoms with Gasteiger partial charge in [-0.1, -0.05) is 0 Å². The van der Waals surface area contributed by atoms with Crippen molar-refractivity contribution < 1.29 is 9.59 Å². The molecule has 0 aliphatic carbocycles. The molecule has 0 saturated carbocycles. The van der Waals surface area contributed by atoms with Crippen molar-refractivity contribution in [2.24, 2.45) is 11.7 Å². The third-order valence-corrected chi connectivity index (χ3v) is 4.82. The van der Waals surface area contributed by atoms with Crippen LogP contribution in [0.5, 0.6) is 0 Å². The quantitative estimate of drug-likeness (QED) is 0.874. The highest BCUT2D eigenvalue weighted by molar-refractivity contribution is 5.98. The summed E-state index contributed by atoms with van der Waals surface area (Å²) in [6.45, 7) is 3.59. The van der Waals surface area contributed by atoms with Crippen LogP contribution in [0.1, 0.15) is 42.1 Å². The van der Waals surface area contributed by atoms with E-state index in [2.05, 4.69) is 5.32 Å².